The summed E-state index contributed by atoms with van der Waals surface area (Å²) in [4.78, 5) is 0. The third-order valence-electron chi connectivity index (χ3n) is 0.663. The molecule has 0 saturated heterocycles. The second-order valence-electron chi connectivity index (χ2n) is 1.54. The topological polar surface area (TPSA) is 46.2 Å². The van der Waals surface area contributed by atoms with E-state index in [0.717, 1.165) is 0 Å². The maximum Gasteiger partial charge on any atom is 0.0615 e. The van der Waals surface area contributed by atoms with Gasteiger partial charge in [0.05, 0.1) is 6.61 Å². The fraction of sp³-hybridized carbons (Fsp3) is 0.143. The number of allylic oxidation sites excluding steroid dienone is 3. The quantitative estimate of drug-likeness (QED) is 0.541. The normalized spacial score (nSPS) is 11.2. The summed E-state index contributed by atoms with van der Waals surface area (Å²) in [7, 11) is 0. The van der Waals surface area contributed by atoms with Gasteiger partial charge in [0.2, 0.25) is 0 Å². The third kappa shape index (κ3) is 6.98. The fourth-order valence-electron chi connectivity index (χ4n) is 0.319. The Kier molecular flexibility index (Phi) is 4.54. The molecule has 0 saturated carbocycles. The van der Waals surface area contributed by atoms with Gasteiger partial charge in [-0.25, -0.2) is 0 Å². The molecular weight excluding hydrogens is 114 g/mol. The van der Waals surface area contributed by atoms with Gasteiger partial charge in [0.1, 0.15) is 0 Å². The van der Waals surface area contributed by atoms with Crippen molar-refractivity contribution < 1.29 is 5.11 Å². The Balaban J connectivity index is 3.47. The molecule has 3 N–H and O–H groups in total. The van der Waals surface area contributed by atoms with Crippen LogP contribution in [0.4, 0.5) is 0 Å². The van der Waals surface area contributed by atoms with E-state index in [2.05, 4.69) is 6.58 Å². The lowest BCUT2D eigenvalue weighted by atomic mass is 10.4. The molecule has 2 nitrogen and oxygen atoms in total. The zero-order valence-electron chi connectivity index (χ0n) is 5.25. The van der Waals surface area contributed by atoms with E-state index in [1.807, 2.05) is 0 Å². The van der Waals surface area contributed by atoms with Crippen LogP contribution in [0.1, 0.15) is 0 Å². The largest absolute Gasteiger partial charge is 0.399 e. The van der Waals surface area contributed by atoms with Crippen LogP contribution in [0.15, 0.2) is 36.6 Å². The fourth-order valence-corrected chi connectivity index (χ4v) is 0.319. The summed E-state index contributed by atoms with van der Waals surface area (Å²) in [6.07, 6.45) is 6.70. The summed E-state index contributed by atoms with van der Waals surface area (Å²) in [6.45, 7) is 3.50. The molecule has 9 heavy (non-hydrogen) atoms. The first-order chi connectivity index (χ1) is 4.27. The minimum atomic E-state index is 0.0569. The summed E-state index contributed by atoms with van der Waals surface area (Å²) >= 11 is 0. The van der Waals surface area contributed by atoms with Gasteiger partial charge in [-0.1, -0.05) is 24.8 Å². The lowest BCUT2D eigenvalue weighted by molar-refractivity contribution is 0.343. The molecule has 0 aromatic heterocycles. The maximum absolute atomic E-state index is 8.26. The average molecular weight is 125 g/mol. The predicted molar refractivity (Wildman–Crippen MR) is 38.7 cm³/mol. The van der Waals surface area contributed by atoms with Gasteiger partial charge in [-0.15, -0.1) is 0 Å². The second kappa shape index (κ2) is 5.12. The number of aliphatic hydroxyl groups excluding tert-OH is 1. The van der Waals surface area contributed by atoms with Crippen LogP contribution in [0, 0.1) is 0 Å². The molecule has 50 valence electrons. The van der Waals surface area contributed by atoms with E-state index >= 15 is 0 Å². The first-order valence-electron chi connectivity index (χ1n) is 2.66. The highest BCUT2D eigenvalue weighted by molar-refractivity contribution is 5.15. The zero-order valence-corrected chi connectivity index (χ0v) is 5.25. The summed E-state index contributed by atoms with van der Waals surface area (Å²) in [5, 5.41) is 8.26. The molecule has 0 heterocycles. The Bertz CT molecular complexity index is 136. The second-order valence-corrected chi connectivity index (χ2v) is 1.54. The van der Waals surface area contributed by atoms with Crippen molar-refractivity contribution >= 4 is 0 Å². The van der Waals surface area contributed by atoms with Crippen molar-refractivity contribution in [1.82, 2.24) is 0 Å². The molecule has 0 spiro atoms. The van der Waals surface area contributed by atoms with E-state index in [1.165, 1.54) is 0 Å². The van der Waals surface area contributed by atoms with Crippen molar-refractivity contribution in [3.63, 3.8) is 0 Å². The minimum Gasteiger partial charge on any atom is -0.399 e. The minimum absolute atomic E-state index is 0.0569. The third-order valence-corrected chi connectivity index (χ3v) is 0.663. The van der Waals surface area contributed by atoms with Crippen LogP contribution in [-0.2, 0) is 0 Å². The van der Waals surface area contributed by atoms with Crippen molar-refractivity contribution in [3.8, 4) is 0 Å². The molecule has 0 radical (unpaired) electrons. The number of aliphatic hydroxyl groups is 1. The summed E-state index contributed by atoms with van der Waals surface area (Å²) < 4.78 is 0. The molecule has 0 aliphatic carbocycles. The van der Waals surface area contributed by atoms with Gasteiger partial charge in [0.15, 0.2) is 0 Å². The number of rotatable bonds is 3. The van der Waals surface area contributed by atoms with Gasteiger partial charge in [0.25, 0.3) is 0 Å². The summed E-state index contributed by atoms with van der Waals surface area (Å²) in [5.41, 5.74) is 5.71. The SMILES string of the molecule is C=C(N)/C=C\C=C/CO. The van der Waals surface area contributed by atoms with Crippen molar-refractivity contribution in [2.24, 2.45) is 5.73 Å². The maximum atomic E-state index is 8.26. The predicted octanol–water partition coefficient (Wildman–Crippen LogP) is 0.564. The number of hydrogen-bond donors (Lipinski definition) is 2. The van der Waals surface area contributed by atoms with Gasteiger partial charge < -0.3 is 10.8 Å². The van der Waals surface area contributed by atoms with Gasteiger partial charge in [-0.2, -0.15) is 0 Å². The standard InChI is InChI=1S/C7H11NO/c1-7(8)5-3-2-4-6-9/h2-5,9H,1,6,8H2/b4-2-,5-3-. The molecule has 0 atom stereocenters. The van der Waals surface area contributed by atoms with Crippen LogP contribution in [0.2, 0.25) is 0 Å². The molecule has 0 aliphatic rings. The number of hydrogen-bond acceptors (Lipinski definition) is 2. The monoisotopic (exact) mass is 125 g/mol. The van der Waals surface area contributed by atoms with E-state index in [-0.39, 0.29) is 6.61 Å². The molecule has 0 amide bonds. The molecule has 0 unspecified atom stereocenters. The van der Waals surface area contributed by atoms with Crippen LogP contribution in [0.5, 0.6) is 0 Å². The van der Waals surface area contributed by atoms with Gasteiger partial charge in [0, 0.05) is 5.70 Å². The Hall–Kier alpha value is -1.02. The highest BCUT2D eigenvalue weighted by atomic mass is 16.2. The summed E-state index contributed by atoms with van der Waals surface area (Å²) in [5.74, 6) is 0. The lowest BCUT2D eigenvalue weighted by Gasteiger charge is -1.80. The average Bonchev–Trinajstić information content (AvgIpc) is 1.80. The van der Waals surface area contributed by atoms with Crippen molar-refractivity contribution in [1.29, 1.82) is 0 Å². The highest BCUT2D eigenvalue weighted by Gasteiger charge is 1.68. The molecule has 0 aromatic rings. The zero-order chi connectivity index (χ0) is 7.11. The smallest absolute Gasteiger partial charge is 0.0615 e. The molecule has 0 rings (SSSR count). The first-order valence-corrected chi connectivity index (χ1v) is 2.66. The summed E-state index contributed by atoms with van der Waals surface area (Å²) in [6, 6.07) is 0. The van der Waals surface area contributed by atoms with E-state index in [4.69, 9.17) is 10.8 Å². The van der Waals surface area contributed by atoms with E-state index in [0.29, 0.717) is 5.70 Å². The molecule has 0 aromatic carbocycles. The first kappa shape index (κ1) is 7.98. The van der Waals surface area contributed by atoms with Gasteiger partial charge in [-0.3, -0.25) is 0 Å². The van der Waals surface area contributed by atoms with Gasteiger partial charge in [-0.05, 0) is 6.08 Å². The molecule has 0 aliphatic heterocycles. The van der Waals surface area contributed by atoms with Crippen LogP contribution in [-0.4, -0.2) is 11.7 Å². The molecule has 0 bridgehead atoms. The Morgan fingerprint density at radius 1 is 1.56 bits per heavy atom. The molecule has 2 heteroatoms. The Morgan fingerprint density at radius 2 is 2.22 bits per heavy atom. The van der Waals surface area contributed by atoms with E-state index in [1.54, 1.807) is 24.3 Å². The van der Waals surface area contributed by atoms with E-state index < -0.39 is 0 Å². The van der Waals surface area contributed by atoms with Crippen molar-refractivity contribution in [3.05, 3.63) is 36.6 Å². The van der Waals surface area contributed by atoms with E-state index in [9.17, 15) is 0 Å². The molecule has 0 fully saturated rings. The highest BCUT2D eigenvalue weighted by Crippen LogP contribution is 1.81. The van der Waals surface area contributed by atoms with Crippen molar-refractivity contribution in [2.75, 3.05) is 6.61 Å². The van der Waals surface area contributed by atoms with Crippen LogP contribution in [0.25, 0.3) is 0 Å². The lowest BCUT2D eigenvalue weighted by Crippen LogP contribution is -1.87. The Labute approximate surface area is 55.0 Å². The molecular formula is C7H11NO. The van der Waals surface area contributed by atoms with Crippen LogP contribution < -0.4 is 5.73 Å². The van der Waals surface area contributed by atoms with Crippen molar-refractivity contribution in [2.45, 2.75) is 0 Å². The van der Waals surface area contributed by atoms with Crippen LogP contribution >= 0.6 is 0 Å². The van der Waals surface area contributed by atoms with Gasteiger partial charge >= 0.3 is 0 Å². The number of nitrogens with two attached hydrogens (primary N) is 1. The van der Waals surface area contributed by atoms with Crippen LogP contribution in [0.3, 0.4) is 0 Å². The Morgan fingerprint density at radius 3 is 2.67 bits per heavy atom.